The van der Waals surface area contributed by atoms with Crippen molar-refractivity contribution in [2.24, 2.45) is 7.05 Å². The van der Waals surface area contributed by atoms with E-state index in [1.807, 2.05) is 0 Å². The lowest BCUT2D eigenvalue weighted by molar-refractivity contribution is -0.643. The van der Waals surface area contributed by atoms with Crippen LogP contribution in [0.15, 0.2) is 66.9 Å². The third kappa shape index (κ3) is 2.31. The number of benzene rings is 3. The number of aromatic nitrogens is 1. The van der Waals surface area contributed by atoms with Crippen LogP contribution in [-0.2, 0) is 7.05 Å². The Morgan fingerprint density at radius 1 is 0.833 bits per heavy atom. The first-order valence-electron chi connectivity index (χ1n) is 8.13. The van der Waals surface area contributed by atoms with Crippen molar-refractivity contribution in [3.05, 3.63) is 72.4 Å². The van der Waals surface area contributed by atoms with Crippen molar-refractivity contribution in [3.8, 4) is 16.9 Å². The number of aryl methyl sites for hydroxylation is 2. The zero-order valence-corrected chi connectivity index (χ0v) is 14.2. The van der Waals surface area contributed by atoms with Crippen molar-refractivity contribution in [3.63, 3.8) is 0 Å². The minimum atomic E-state index is 0.899. The van der Waals surface area contributed by atoms with Gasteiger partial charge >= 0.3 is 0 Å². The van der Waals surface area contributed by atoms with Gasteiger partial charge in [-0.25, -0.2) is 0 Å². The highest BCUT2D eigenvalue weighted by Crippen LogP contribution is 2.34. The highest BCUT2D eigenvalue weighted by atomic mass is 16.5. The normalized spacial score (nSPS) is 11.1. The van der Waals surface area contributed by atoms with Crippen LogP contribution in [0.2, 0.25) is 0 Å². The molecule has 2 heteroatoms. The third-order valence-corrected chi connectivity index (χ3v) is 4.62. The summed E-state index contributed by atoms with van der Waals surface area (Å²) in [5.41, 5.74) is 4.77. The SMILES string of the molecule is COc1cc(-c2ccc(C)cc2)cc2c3ccccc3c[n+](C)c12. The molecule has 4 rings (SSSR count). The molecule has 0 atom stereocenters. The van der Waals surface area contributed by atoms with E-state index < -0.39 is 0 Å². The van der Waals surface area contributed by atoms with Gasteiger partial charge in [0.05, 0.1) is 12.5 Å². The average Bonchev–Trinajstić information content (AvgIpc) is 2.61. The topological polar surface area (TPSA) is 13.1 Å². The molecule has 0 spiro atoms. The maximum absolute atomic E-state index is 5.72. The van der Waals surface area contributed by atoms with Gasteiger partial charge in [-0.2, -0.15) is 4.57 Å². The van der Waals surface area contributed by atoms with E-state index in [9.17, 15) is 0 Å². The second-order valence-electron chi connectivity index (χ2n) is 6.27. The van der Waals surface area contributed by atoms with Crippen LogP contribution < -0.4 is 9.30 Å². The minimum absolute atomic E-state index is 0.899. The van der Waals surface area contributed by atoms with E-state index in [1.165, 1.54) is 32.8 Å². The lowest BCUT2D eigenvalue weighted by Crippen LogP contribution is -2.28. The molecule has 0 aliphatic rings. The molecular formula is C22H20NO+. The molecule has 0 N–H and O–H groups in total. The summed E-state index contributed by atoms with van der Waals surface area (Å²) in [4.78, 5) is 0. The molecule has 0 radical (unpaired) electrons. The van der Waals surface area contributed by atoms with Gasteiger partial charge in [0, 0.05) is 10.8 Å². The number of rotatable bonds is 2. The number of hydrogen-bond acceptors (Lipinski definition) is 1. The van der Waals surface area contributed by atoms with Crippen LogP contribution in [0, 0.1) is 6.92 Å². The molecular weight excluding hydrogens is 294 g/mol. The molecule has 0 aliphatic carbocycles. The number of pyridine rings is 1. The van der Waals surface area contributed by atoms with Crippen LogP contribution >= 0.6 is 0 Å². The molecule has 118 valence electrons. The molecule has 0 bridgehead atoms. The van der Waals surface area contributed by atoms with Gasteiger partial charge < -0.3 is 4.74 Å². The van der Waals surface area contributed by atoms with Gasteiger partial charge in [0.2, 0.25) is 0 Å². The Hall–Kier alpha value is -2.87. The zero-order chi connectivity index (χ0) is 16.7. The second kappa shape index (κ2) is 5.64. The highest BCUT2D eigenvalue weighted by Gasteiger charge is 2.17. The lowest BCUT2D eigenvalue weighted by atomic mass is 9.98. The predicted octanol–water partition coefficient (Wildman–Crippen LogP) is 4.80. The predicted molar refractivity (Wildman–Crippen MR) is 99.4 cm³/mol. The summed E-state index contributed by atoms with van der Waals surface area (Å²) in [6.45, 7) is 2.11. The van der Waals surface area contributed by atoms with Gasteiger partial charge in [-0.05, 0) is 36.2 Å². The molecule has 0 unspecified atom stereocenters. The Bertz CT molecular complexity index is 1050. The first-order chi connectivity index (χ1) is 11.7. The van der Waals surface area contributed by atoms with Crippen molar-refractivity contribution in [2.45, 2.75) is 6.92 Å². The monoisotopic (exact) mass is 314 g/mol. The van der Waals surface area contributed by atoms with Gasteiger partial charge in [0.25, 0.3) is 5.52 Å². The van der Waals surface area contributed by atoms with Gasteiger partial charge in [0.1, 0.15) is 7.05 Å². The standard InChI is InChI=1S/C22H20NO/c1-15-8-10-16(11-9-15)18-12-20-19-7-5-4-6-17(19)14-23(2)22(20)21(13-18)24-3/h4-14H,1-3H3/q+1. The van der Waals surface area contributed by atoms with Crippen molar-refractivity contribution >= 4 is 21.7 Å². The average molecular weight is 314 g/mol. The molecule has 0 aliphatic heterocycles. The zero-order valence-electron chi connectivity index (χ0n) is 14.2. The number of methoxy groups -OCH3 is 1. The van der Waals surface area contributed by atoms with Gasteiger partial charge in [-0.3, -0.25) is 0 Å². The van der Waals surface area contributed by atoms with Crippen LogP contribution in [0.3, 0.4) is 0 Å². The van der Waals surface area contributed by atoms with Crippen LogP contribution in [0.25, 0.3) is 32.8 Å². The second-order valence-corrected chi connectivity index (χ2v) is 6.27. The summed E-state index contributed by atoms with van der Waals surface area (Å²) in [6, 6.07) is 21.5. The first kappa shape index (κ1) is 14.7. The maximum atomic E-state index is 5.72. The number of hydrogen-bond donors (Lipinski definition) is 0. The molecule has 24 heavy (non-hydrogen) atoms. The number of nitrogens with zero attached hydrogens (tertiary/aromatic N) is 1. The van der Waals surface area contributed by atoms with E-state index in [1.54, 1.807) is 7.11 Å². The molecule has 0 fully saturated rings. The van der Waals surface area contributed by atoms with Crippen molar-refractivity contribution in [2.75, 3.05) is 7.11 Å². The summed E-state index contributed by atoms with van der Waals surface area (Å²) >= 11 is 0. The quantitative estimate of drug-likeness (QED) is 0.382. The highest BCUT2D eigenvalue weighted by molar-refractivity contribution is 6.07. The van der Waals surface area contributed by atoms with Gasteiger partial charge in [0.15, 0.2) is 11.9 Å². The molecule has 1 aromatic heterocycles. The van der Waals surface area contributed by atoms with Crippen molar-refractivity contribution < 1.29 is 9.30 Å². The van der Waals surface area contributed by atoms with Crippen LogP contribution in [0.5, 0.6) is 5.75 Å². The van der Waals surface area contributed by atoms with Crippen molar-refractivity contribution in [1.29, 1.82) is 0 Å². The fourth-order valence-electron chi connectivity index (χ4n) is 3.37. The first-order valence-corrected chi connectivity index (χ1v) is 8.13. The summed E-state index contributed by atoms with van der Waals surface area (Å²) < 4.78 is 7.87. The summed E-state index contributed by atoms with van der Waals surface area (Å²) in [6.07, 6.45) is 2.16. The summed E-state index contributed by atoms with van der Waals surface area (Å²) in [7, 11) is 3.81. The molecule has 0 amide bonds. The Kier molecular flexibility index (Phi) is 3.46. The maximum Gasteiger partial charge on any atom is 0.255 e. The fourth-order valence-corrected chi connectivity index (χ4v) is 3.37. The summed E-state index contributed by atoms with van der Waals surface area (Å²) in [5, 5.41) is 3.69. The van der Waals surface area contributed by atoms with Gasteiger partial charge in [-0.15, -0.1) is 0 Å². The molecule has 3 aromatic carbocycles. The van der Waals surface area contributed by atoms with E-state index in [0.29, 0.717) is 0 Å². The summed E-state index contributed by atoms with van der Waals surface area (Å²) in [5.74, 6) is 0.899. The third-order valence-electron chi connectivity index (χ3n) is 4.62. The Labute approximate surface area is 141 Å². The van der Waals surface area contributed by atoms with E-state index in [-0.39, 0.29) is 0 Å². The van der Waals surface area contributed by atoms with Crippen LogP contribution in [0.1, 0.15) is 5.56 Å². The van der Waals surface area contributed by atoms with Crippen LogP contribution in [0.4, 0.5) is 0 Å². The van der Waals surface area contributed by atoms with Gasteiger partial charge in [-0.1, -0.05) is 48.0 Å². The number of fused-ring (bicyclic) bond motifs is 3. The molecule has 1 heterocycles. The van der Waals surface area contributed by atoms with Crippen LogP contribution in [-0.4, -0.2) is 7.11 Å². The number of ether oxygens (including phenoxy) is 1. The fraction of sp³-hybridized carbons (Fsp3) is 0.136. The molecule has 0 saturated carbocycles. The van der Waals surface area contributed by atoms with E-state index in [4.69, 9.17) is 4.74 Å². The minimum Gasteiger partial charge on any atom is -0.490 e. The lowest BCUT2D eigenvalue weighted by Gasteiger charge is -2.10. The Morgan fingerprint density at radius 3 is 2.33 bits per heavy atom. The largest absolute Gasteiger partial charge is 0.490 e. The molecule has 0 saturated heterocycles. The molecule has 4 aromatic rings. The molecule has 2 nitrogen and oxygen atoms in total. The Morgan fingerprint density at radius 2 is 1.58 bits per heavy atom. The van der Waals surface area contributed by atoms with E-state index in [0.717, 1.165) is 11.3 Å². The van der Waals surface area contributed by atoms with E-state index >= 15 is 0 Å². The Balaban J connectivity index is 2.11. The van der Waals surface area contributed by atoms with Crippen molar-refractivity contribution in [1.82, 2.24) is 0 Å². The smallest absolute Gasteiger partial charge is 0.255 e. The van der Waals surface area contributed by atoms with E-state index in [2.05, 4.69) is 85.4 Å².